The van der Waals surface area contributed by atoms with Crippen LogP contribution in [0.1, 0.15) is 48.4 Å². The van der Waals surface area contributed by atoms with Gasteiger partial charge in [-0.2, -0.15) is 0 Å². The van der Waals surface area contributed by atoms with E-state index in [1.165, 1.54) is 42.4 Å². The maximum absolute atomic E-state index is 5.65. The van der Waals surface area contributed by atoms with Crippen molar-refractivity contribution in [2.75, 3.05) is 20.8 Å². The number of para-hydroxylation sites is 1. The van der Waals surface area contributed by atoms with Gasteiger partial charge in [0, 0.05) is 18.2 Å². The average Bonchev–Trinajstić information content (AvgIpc) is 2.87. The van der Waals surface area contributed by atoms with Gasteiger partial charge in [0.1, 0.15) is 0 Å². The Labute approximate surface area is 151 Å². The third kappa shape index (κ3) is 4.16. The Bertz CT molecular complexity index is 698. The summed E-state index contributed by atoms with van der Waals surface area (Å²) in [7, 11) is 3.42. The number of benzene rings is 2. The van der Waals surface area contributed by atoms with Crippen molar-refractivity contribution in [3.63, 3.8) is 0 Å². The van der Waals surface area contributed by atoms with E-state index < -0.39 is 0 Å². The Morgan fingerprint density at radius 1 is 1.00 bits per heavy atom. The first-order valence-corrected chi connectivity index (χ1v) is 9.23. The van der Waals surface area contributed by atoms with Crippen LogP contribution in [0.25, 0.3) is 0 Å². The molecule has 1 fully saturated rings. The minimum atomic E-state index is 0.471. The van der Waals surface area contributed by atoms with Crippen molar-refractivity contribution in [2.45, 2.75) is 45.2 Å². The van der Waals surface area contributed by atoms with Gasteiger partial charge in [0.2, 0.25) is 0 Å². The molecule has 3 nitrogen and oxygen atoms in total. The molecule has 0 aromatic heterocycles. The molecule has 1 unspecified atom stereocenters. The van der Waals surface area contributed by atoms with Gasteiger partial charge in [0.05, 0.1) is 14.2 Å². The first kappa shape index (κ1) is 17.8. The van der Waals surface area contributed by atoms with Crippen LogP contribution in [0.5, 0.6) is 11.5 Å². The zero-order chi connectivity index (χ0) is 17.6. The number of aryl methyl sites for hydroxylation is 1. The van der Waals surface area contributed by atoms with Crippen molar-refractivity contribution < 1.29 is 9.47 Å². The maximum Gasteiger partial charge on any atom is 0.165 e. The van der Waals surface area contributed by atoms with Crippen molar-refractivity contribution in [1.29, 1.82) is 0 Å². The molecule has 1 heterocycles. The number of nitrogens with zero attached hydrogens (tertiary/aromatic N) is 1. The fourth-order valence-corrected chi connectivity index (χ4v) is 3.91. The van der Waals surface area contributed by atoms with Crippen molar-refractivity contribution >= 4 is 0 Å². The molecule has 25 heavy (non-hydrogen) atoms. The standard InChI is InChI=1S/C22H29NO2/c1-17-9-7-10-18(15-17)20-12-5-4-6-14-23(20)16-19-11-8-13-21(24-2)22(19)25-3/h7-11,13,15,20H,4-6,12,14,16H2,1-3H3. The molecule has 0 saturated carbocycles. The lowest BCUT2D eigenvalue weighted by Crippen LogP contribution is -2.28. The van der Waals surface area contributed by atoms with Gasteiger partial charge in [-0.15, -0.1) is 0 Å². The van der Waals surface area contributed by atoms with Crippen molar-refractivity contribution in [2.24, 2.45) is 0 Å². The summed E-state index contributed by atoms with van der Waals surface area (Å²) in [6.45, 7) is 4.19. The summed E-state index contributed by atoms with van der Waals surface area (Å²) in [5.74, 6) is 1.67. The molecular formula is C22H29NO2. The molecule has 2 aromatic carbocycles. The largest absolute Gasteiger partial charge is 0.493 e. The Balaban J connectivity index is 1.90. The van der Waals surface area contributed by atoms with Crippen molar-refractivity contribution in [1.82, 2.24) is 4.90 Å². The summed E-state index contributed by atoms with van der Waals surface area (Å²) < 4.78 is 11.1. The molecule has 1 saturated heterocycles. The van der Waals surface area contributed by atoms with E-state index in [4.69, 9.17) is 9.47 Å². The van der Waals surface area contributed by atoms with E-state index >= 15 is 0 Å². The van der Waals surface area contributed by atoms with Gasteiger partial charge in [-0.1, -0.05) is 54.8 Å². The van der Waals surface area contributed by atoms with E-state index in [2.05, 4.69) is 48.2 Å². The van der Waals surface area contributed by atoms with E-state index in [0.717, 1.165) is 24.6 Å². The second kappa shape index (κ2) is 8.39. The fraction of sp³-hybridized carbons (Fsp3) is 0.455. The number of ether oxygens (including phenoxy) is 2. The van der Waals surface area contributed by atoms with Gasteiger partial charge < -0.3 is 9.47 Å². The highest BCUT2D eigenvalue weighted by Crippen LogP contribution is 2.36. The highest BCUT2D eigenvalue weighted by Gasteiger charge is 2.24. The lowest BCUT2D eigenvalue weighted by atomic mass is 9.98. The van der Waals surface area contributed by atoms with Gasteiger partial charge >= 0.3 is 0 Å². The zero-order valence-electron chi connectivity index (χ0n) is 15.6. The van der Waals surface area contributed by atoms with E-state index in [-0.39, 0.29) is 0 Å². The third-order valence-corrected chi connectivity index (χ3v) is 5.15. The fourth-order valence-electron chi connectivity index (χ4n) is 3.91. The van der Waals surface area contributed by atoms with Gasteiger partial charge in [-0.25, -0.2) is 0 Å². The number of hydrogen-bond acceptors (Lipinski definition) is 3. The van der Waals surface area contributed by atoms with E-state index in [9.17, 15) is 0 Å². The smallest absolute Gasteiger partial charge is 0.165 e. The molecule has 3 heteroatoms. The molecule has 134 valence electrons. The molecule has 0 aliphatic carbocycles. The zero-order valence-corrected chi connectivity index (χ0v) is 15.6. The molecule has 1 aliphatic heterocycles. The number of rotatable bonds is 5. The van der Waals surface area contributed by atoms with Crippen LogP contribution in [0.4, 0.5) is 0 Å². The van der Waals surface area contributed by atoms with Gasteiger partial charge in [0.25, 0.3) is 0 Å². The minimum Gasteiger partial charge on any atom is -0.493 e. The quantitative estimate of drug-likeness (QED) is 0.754. The monoisotopic (exact) mass is 339 g/mol. The van der Waals surface area contributed by atoms with E-state index in [0.29, 0.717) is 6.04 Å². The van der Waals surface area contributed by atoms with Crippen LogP contribution in [0.15, 0.2) is 42.5 Å². The summed E-state index contributed by atoms with van der Waals surface area (Å²) in [5, 5.41) is 0. The van der Waals surface area contributed by atoms with Gasteiger partial charge in [-0.05, 0) is 37.9 Å². The highest BCUT2D eigenvalue weighted by molar-refractivity contribution is 5.46. The predicted octanol–water partition coefficient (Wildman–Crippen LogP) is 5.13. The SMILES string of the molecule is COc1cccc(CN2CCCCCC2c2cccc(C)c2)c1OC. The third-order valence-electron chi connectivity index (χ3n) is 5.15. The van der Waals surface area contributed by atoms with Crippen LogP contribution in [-0.2, 0) is 6.54 Å². The highest BCUT2D eigenvalue weighted by atomic mass is 16.5. The summed E-state index contributed by atoms with van der Waals surface area (Å²) in [6, 6.07) is 15.6. The minimum absolute atomic E-state index is 0.471. The van der Waals surface area contributed by atoms with E-state index in [1.54, 1.807) is 14.2 Å². The lowest BCUT2D eigenvalue weighted by Gasteiger charge is -2.31. The molecule has 3 rings (SSSR count). The second-order valence-corrected chi connectivity index (χ2v) is 6.90. The number of methoxy groups -OCH3 is 2. The maximum atomic E-state index is 5.65. The molecule has 0 spiro atoms. The molecular weight excluding hydrogens is 310 g/mol. The Morgan fingerprint density at radius 3 is 2.60 bits per heavy atom. The van der Waals surface area contributed by atoms with Crippen LogP contribution in [-0.4, -0.2) is 25.7 Å². The molecule has 0 N–H and O–H groups in total. The van der Waals surface area contributed by atoms with Crippen molar-refractivity contribution in [3.8, 4) is 11.5 Å². The summed E-state index contributed by atoms with van der Waals surface area (Å²) in [5.41, 5.74) is 3.96. The summed E-state index contributed by atoms with van der Waals surface area (Å²) in [6.07, 6.45) is 5.09. The predicted molar refractivity (Wildman–Crippen MR) is 102 cm³/mol. The second-order valence-electron chi connectivity index (χ2n) is 6.90. The molecule has 0 radical (unpaired) electrons. The van der Waals surface area contributed by atoms with Gasteiger partial charge in [-0.3, -0.25) is 4.90 Å². The Hall–Kier alpha value is -2.00. The first-order valence-electron chi connectivity index (χ1n) is 9.23. The van der Waals surface area contributed by atoms with Crippen LogP contribution in [0.2, 0.25) is 0 Å². The van der Waals surface area contributed by atoms with Crippen LogP contribution in [0, 0.1) is 6.92 Å². The molecule has 0 amide bonds. The number of likely N-dealkylation sites (tertiary alicyclic amines) is 1. The van der Waals surface area contributed by atoms with Crippen LogP contribution < -0.4 is 9.47 Å². The van der Waals surface area contributed by atoms with Crippen LogP contribution in [0.3, 0.4) is 0 Å². The van der Waals surface area contributed by atoms with E-state index in [1.807, 2.05) is 6.07 Å². The normalized spacial score (nSPS) is 18.6. The van der Waals surface area contributed by atoms with Crippen LogP contribution >= 0.6 is 0 Å². The topological polar surface area (TPSA) is 21.7 Å². The first-order chi connectivity index (χ1) is 12.2. The average molecular weight is 339 g/mol. The number of hydrogen-bond donors (Lipinski definition) is 0. The van der Waals surface area contributed by atoms with Crippen molar-refractivity contribution in [3.05, 3.63) is 59.2 Å². The summed E-state index contributed by atoms with van der Waals surface area (Å²) >= 11 is 0. The summed E-state index contributed by atoms with van der Waals surface area (Å²) in [4.78, 5) is 2.61. The molecule has 1 atom stereocenters. The molecule has 0 bridgehead atoms. The Morgan fingerprint density at radius 2 is 1.84 bits per heavy atom. The molecule has 2 aromatic rings. The van der Waals surface area contributed by atoms with Gasteiger partial charge in [0.15, 0.2) is 11.5 Å². The lowest BCUT2D eigenvalue weighted by molar-refractivity contribution is 0.189. The Kier molecular flexibility index (Phi) is 5.98. The molecule has 1 aliphatic rings.